The average Bonchev–Trinajstić information content (AvgIpc) is 2.51. The molecule has 0 bridgehead atoms. The molecule has 2 heteroatoms. The van der Waals surface area contributed by atoms with Gasteiger partial charge >= 0.3 is 0 Å². The van der Waals surface area contributed by atoms with Crippen LogP contribution in [0, 0.1) is 23.2 Å². The van der Waals surface area contributed by atoms with Crippen molar-refractivity contribution in [3.05, 3.63) is 65.0 Å². The lowest BCUT2D eigenvalue weighted by Gasteiger charge is -1.99. The van der Waals surface area contributed by atoms with Crippen molar-refractivity contribution in [2.45, 2.75) is 26.2 Å². The fraction of sp³-hybridized carbons (Fsp3) is 0.222. The molecule has 2 rings (SSSR count). The van der Waals surface area contributed by atoms with Gasteiger partial charge in [0.15, 0.2) is 0 Å². The first-order valence-corrected chi connectivity index (χ1v) is 6.80. The van der Waals surface area contributed by atoms with E-state index in [0.717, 1.165) is 29.8 Å². The number of pyridine rings is 1. The number of benzene rings is 1. The number of rotatable bonds is 3. The lowest BCUT2D eigenvalue weighted by molar-refractivity contribution is 0.776. The third-order valence-corrected chi connectivity index (χ3v) is 2.92. The highest BCUT2D eigenvalue weighted by Gasteiger charge is 1.95. The largest absolute Gasteiger partial charge is 0.244 e. The number of aromatic nitrogens is 1. The maximum absolute atomic E-state index is 8.86. The first-order valence-electron chi connectivity index (χ1n) is 6.80. The average molecular weight is 260 g/mol. The van der Waals surface area contributed by atoms with E-state index >= 15 is 0 Å². The Bertz CT molecular complexity index is 684. The first-order chi connectivity index (χ1) is 9.81. The summed E-state index contributed by atoms with van der Waals surface area (Å²) in [6.45, 7) is 2.17. The normalized spacial score (nSPS) is 9.40. The van der Waals surface area contributed by atoms with Gasteiger partial charge in [0.25, 0.3) is 0 Å². The van der Waals surface area contributed by atoms with Gasteiger partial charge in [-0.1, -0.05) is 31.4 Å². The number of unbranched alkanes of at least 4 members (excludes halogenated alkanes) is 1. The number of hydrogen-bond donors (Lipinski definition) is 0. The second-order valence-electron chi connectivity index (χ2n) is 4.56. The highest BCUT2D eigenvalue weighted by molar-refractivity contribution is 5.44. The Labute approximate surface area is 120 Å². The zero-order valence-corrected chi connectivity index (χ0v) is 11.6. The maximum Gasteiger partial charge on any atom is 0.113 e. The summed E-state index contributed by atoms with van der Waals surface area (Å²) in [5, 5.41) is 8.86. The van der Waals surface area contributed by atoms with E-state index in [4.69, 9.17) is 5.26 Å². The van der Waals surface area contributed by atoms with Crippen molar-refractivity contribution in [2.75, 3.05) is 0 Å². The van der Waals surface area contributed by atoms with Crippen LogP contribution < -0.4 is 0 Å². The quantitative estimate of drug-likeness (QED) is 0.789. The fourth-order valence-electron chi connectivity index (χ4n) is 1.85. The molecule has 0 saturated carbocycles. The number of nitrogens with zero attached hydrogens (tertiary/aromatic N) is 2. The molecule has 0 saturated heterocycles. The van der Waals surface area contributed by atoms with E-state index in [0.29, 0.717) is 5.56 Å². The van der Waals surface area contributed by atoms with Crippen LogP contribution in [-0.2, 0) is 6.42 Å². The summed E-state index contributed by atoms with van der Waals surface area (Å²) in [5.74, 6) is 6.11. The van der Waals surface area contributed by atoms with Crippen molar-refractivity contribution in [1.82, 2.24) is 4.98 Å². The van der Waals surface area contributed by atoms with Crippen LogP contribution >= 0.6 is 0 Å². The third-order valence-electron chi connectivity index (χ3n) is 2.92. The molecule has 0 aliphatic rings. The van der Waals surface area contributed by atoms with E-state index in [9.17, 15) is 0 Å². The van der Waals surface area contributed by atoms with Crippen molar-refractivity contribution in [1.29, 1.82) is 5.26 Å². The van der Waals surface area contributed by atoms with Gasteiger partial charge in [-0.2, -0.15) is 5.26 Å². The van der Waals surface area contributed by atoms with Gasteiger partial charge in [-0.15, -0.1) is 0 Å². The van der Waals surface area contributed by atoms with Gasteiger partial charge in [-0.3, -0.25) is 0 Å². The molecule has 0 unspecified atom stereocenters. The van der Waals surface area contributed by atoms with Crippen molar-refractivity contribution >= 4 is 0 Å². The molecule has 0 spiro atoms. The van der Waals surface area contributed by atoms with Gasteiger partial charge in [-0.05, 0) is 49.1 Å². The molecule has 0 N–H and O–H groups in total. The molecule has 98 valence electrons. The fourth-order valence-corrected chi connectivity index (χ4v) is 1.85. The monoisotopic (exact) mass is 260 g/mol. The second kappa shape index (κ2) is 7.12. The Balaban J connectivity index is 2.17. The Hall–Kier alpha value is -2.58. The molecule has 1 aromatic heterocycles. The molecule has 0 radical (unpaired) electrons. The first kappa shape index (κ1) is 13.8. The lowest BCUT2D eigenvalue weighted by atomic mass is 10.1. The minimum absolute atomic E-state index is 0.626. The predicted molar refractivity (Wildman–Crippen MR) is 80.0 cm³/mol. The summed E-state index contributed by atoms with van der Waals surface area (Å²) in [7, 11) is 0. The number of hydrogen-bond acceptors (Lipinski definition) is 2. The van der Waals surface area contributed by atoms with Crippen LogP contribution in [0.5, 0.6) is 0 Å². The summed E-state index contributed by atoms with van der Waals surface area (Å²) in [5.41, 5.74) is 3.33. The van der Waals surface area contributed by atoms with Crippen molar-refractivity contribution < 1.29 is 0 Å². The van der Waals surface area contributed by atoms with Crippen LogP contribution in [-0.4, -0.2) is 4.98 Å². The Kier molecular flexibility index (Phi) is 4.93. The third kappa shape index (κ3) is 3.97. The van der Waals surface area contributed by atoms with Crippen LogP contribution in [0.15, 0.2) is 42.5 Å². The van der Waals surface area contributed by atoms with Crippen LogP contribution in [0.2, 0.25) is 0 Å². The molecule has 1 heterocycles. The molecular formula is C18H16N2. The van der Waals surface area contributed by atoms with E-state index in [2.05, 4.69) is 29.8 Å². The van der Waals surface area contributed by atoms with E-state index in [1.54, 1.807) is 12.1 Å². The molecule has 2 nitrogen and oxygen atoms in total. The van der Waals surface area contributed by atoms with E-state index in [1.165, 1.54) is 6.42 Å². The van der Waals surface area contributed by atoms with Gasteiger partial charge in [0.2, 0.25) is 0 Å². The molecule has 0 amide bonds. The molecular weight excluding hydrogens is 244 g/mol. The van der Waals surface area contributed by atoms with Crippen molar-refractivity contribution in [3.63, 3.8) is 0 Å². The molecule has 2 aromatic rings. The summed E-state index contributed by atoms with van der Waals surface area (Å²) in [6, 6.07) is 15.4. The Morgan fingerprint density at radius 1 is 1.05 bits per heavy atom. The molecule has 0 aliphatic heterocycles. The summed E-state index contributed by atoms with van der Waals surface area (Å²) < 4.78 is 0. The van der Waals surface area contributed by atoms with E-state index < -0.39 is 0 Å². The topological polar surface area (TPSA) is 36.7 Å². The highest BCUT2D eigenvalue weighted by atomic mass is 14.7. The molecule has 20 heavy (non-hydrogen) atoms. The maximum atomic E-state index is 8.86. The Morgan fingerprint density at radius 3 is 2.65 bits per heavy atom. The zero-order valence-electron chi connectivity index (χ0n) is 11.6. The van der Waals surface area contributed by atoms with Gasteiger partial charge in [0.1, 0.15) is 5.69 Å². The van der Waals surface area contributed by atoms with Crippen LogP contribution in [0.4, 0.5) is 0 Å². The lowest BCUT2D eigenvalue weighted by Crippen LogP contribution is -1.92. The SMILES string of the molecule is CCCCc1cccc(C#Cc2cccc(C#N)c2)n1. The minimum Gasteiger partial charge on any atom is -0.244 e. The predicted octanol–water partition coefficient (Wildman–Crippen LogP) is 3.70. The molecule has 0 fully saturated rings. The highest BCUT2D eigenvalue weighted by Crippen LogP contribution is 2.05. The van der Waals surface area contributed by atoms with Gasteiger partial charge < -0.3 is 0 Å². The second-order valence-corrected chi connectivity index (χ2v) is 4.56. The summed E-state index contributed by atoms with van der Waals surface area (Å²) in [6.07, 6.45) is 3.31. The van der Waals surface area contributed by atoms with Crippen molar-refractivity contribution in [2.24, 2.45) is 0 Å². The van der Waals surface area contributed by atoms with Crippen molar-refractivity contribution in [3.8, 4) is 17.9 Å². The smallest absolute Gasteiger partial charge is 0.113 e. The minimum atomic E-state index is 0.626. The van der Waals surface area contributed by atoms with Gasteiger partial charge in [0.05, 0.1) is 11.6 Å². The molecule has 1 aromatic carbocycles. The van der Waals surface area contributed by atoms with E-state index in [1.807, 2.05) is 30.3 Å². The number of nitriles is 1. The molecule has 0 aliphatic carbocycles. The van der Waals surface area contributed by atoms with Gasteiger partial charge in [0, 0.05) is 11.3 Å². The van der Waals surface area contributed by atoms with Gasteiger partial charge in [-0.25, -0.2) is 4.98 Å². The van der Waals surface area contributed by atoms with Crippen LogP contribution in [0.1, 0.15) is 42.3 Å². The summed E-state index contributed by atoms with van der Waals surface area (Å²) in [4.78, 5) is 4.53. The molecule has 0 atom stereocenters. The standard InChI is InChI=1S/C18H16N2/c1-2-3-8-17-9-5-10-18(20-17)12-11-15-6-4-7-16(13-15)14-19/h4-7,9-10,13H,2-3,8H2,1H3. The van der Waals surface area contributed by atoms with Crippen LogP contribution in [0.25, 0.3) is 0 Å². The van der Waals surface area contributed by atoms with Crippen LogP contribution in [0.3, 0.4) is 0 Å². The number of aryl methyl sites for hydroxylation is 1. The Morgan fingerprint density at radius 2 is 1.85 bits per heavy atom. The van der Waals surface area contributed by atoms with E-state index in [-0.39, 0.29) is 0 Å². The zero-order chi connectivity index (χ0) is 14.2. The summed E-state index contributed by atoms with van der Waals surface area (Å²) >= 11 is 0.